The van der Waals surface area contributed by atoms with Gasteiger partial charge in [0.05, 0.1) is 12.2 Å². The molecule has 0 N–H and O–H groups in total. The first kappa shape index (κ1) is 34.8. The van der Waals surface area contributed by atoms with Gasteiger partial charge >= 0.3 is 0 Å². The topological polar surface area (TPSA) is 27.7 Å². The van der Waals surface area contributed by atoms with Crippen molar-refractivity contribution in [2.24, 2.45) is 5.92 Å². The van der Waals surface area contributed by atoms with E-state index in [4.69, 9.17) is 19.7 Å². The second kappa shape index (κ2) is 12.6. The van der Waals surface area contributed by atoms with Crippen molar-refractivity contribution in [3.8, 4) is 12.3 Å². The third kappa shape index (κ3) is 10.2. The first-order valence-electron chi connectivity index (χ1n) is 13.5. The van der Waals surface area contributed by atoms with Crippen LogP contribution in [0.2, 0.25) is 54.4 Å². The number of terminal acetylenes is 1. The zero-order chi connectivity index (χ0) is 28.1. The molecule has 3 atom stereocenters. The van der Waals surface area contributed by atoms with Crippen molar-refractivity contribution >= 4 is 25.0 Å². The molecule has 0 aromatic carbocycles. The van der Waals surface area contributed by atoms with E-state index in [0.717, 1.165) is 19.4 Å². The Bertz CT molecular complexity index is 701. The van der Waals surface area contributed by atoms with Gasteiger partial charge in [-0.2, -0.15) is 0 Å². The standard InChI is InChI=1S/C29H60O3Si3/c1-18-21-26(32-35(16,17)29(9,10)11)24(22-20-23-30-33(12,13)27(3,4)5)25(19-2)31-34(14,15)28(6,7)8/h1,19,24-26H,2,20-23H2,3-17H3/t24-,25-,26-/m1/s1. The summed E-state index contributed by atoms with van der Waals surface area (Å²) in [6.07, 6.45) is 10.3. The molecule has 6 heteroatoms. The Hall–Kier alpha value is -0.169. The van der Waals surface area contributed by atoms with E-state index < -0.39 is 25.0 Å². The van der Waals surface area contributed by atoms with Gasteiger partial charge in [-0.05, 0) is 67.2 Å². The van der Waals surface area contributed by atoms with E-state index in [1.807, 2.05) is 6.08 Å². The van der Waals surface area contributed by atoms with Crippen LogP contribution in [0.25, 0.3) is 0 Å². The number of rotatable bonds is 13. The van der Waals surface area contributed by atoms with Gasteiger partial charge < -0.3 is 13.3 Å². The van der Waals surface area contributed by atoms with Crippen LogP contribution in [-0.2, 0) is 13.3 Å². The molecule has 0 aliphatic carbocycles. The van der Waals surface area contributed by atoms with Crippen LogP contribution in [0.1, 0.15) is 81.6 Å². The van der Waals surface area contributed by atoms with Gasteiger partial charge in [-0.1, -0.05) is 68.4 Å². The summed E-state index contributed by atoms with van der Waals surface area (Å²) in [5.41, 5.74) is 0. The minimum absolute atomic E-state index is 0.0541. The summed E-state index contributed by atoms with van der Waals surface area (Å²) in [6, 6.07) is 0. The van der Waals surface area contributed by atoms with Crippen molar-refractivity contribution in [2.45, 2.75) is 148 Å². The zero-order valence-electron chi connectivity index (χ0n) is 26.1. The Balaban J connectivity index is 6.04. The molecule has 0 unspecified atom stereocenters. The fourth-order valence-corrected chi connectivity index (χ4v) is 6.96. The number of hydrogen-bond donors (Lipinski definition) is 0. The normalized spacial score (nSPS) is 17.0. The third-order valence-corrected chi connectivity index (χ3v) is 22.4. The fraction of sp³-hybridized carbons (Fsp3) is 0.862. The van der Waals surface area contributed by atoms with Crippen molar-refractivity contribution < 1.29 is 13.3 Å². The first-order valence-corrected chi connectivity index (χ1v) is 22.2. The van der Waals surface area contributed by atoms with Crippen LogP contribution in [0.15, 0.2) is 12.7 Å². The van der Waals surface area contributed by atoms with Crippen LogP contribution >= 0.6 is 0 Å². The lowest BCUT2D eigenvalue weighted by Gasteiger charge is -2.45. The van der Waals surface area contributed by atoms with Crippen LogP contribution in [0, 0.1) is 18.3 Å². The molecule has 0 fully saturated rings. The highest BCUT2D eigenvalue weighted by atomic mass is 28.4. The number of hydrogen-bond acceptors (Lipinski definition) is 3. The highest BCUT2D eigenvalue weighted by Crippen LogP contribution is 2.42. The first-order chi connectivity index (χ1) is 15.4. The predicted octanol–water partition coefficient (Wildman–Crippen LogP) is 9.39. The third-order valence-electron chi connectivity index (χ3n) is 8.89. The Kier molecular flexibility index (Phi) is 12.5. The zero-order valence-corrected chi connectivity index (χ0v) is 29.1. The summed E-state index contributed by atoms with van der Waals surface area (Å²) in [7, 11) is -5.81. The Morgan fingerprint density at radius 1 is 0.771 bits per heavy atom. The largest absolute Gasteiger partial charge is 0.417 e. The lowest BCUT2D eigenvalue weighted by atomic mass is 9.89. The molecule has 0 aromatic rings. The van der Waals surface area contributed by atoms with Crippen LogP contribution in [-0.4, -0.2) is 43.8 Å². The van der Waals surface area contributed by atoms with Crippen LogP contribution in [0.4, 0.5) is 0 Å². The van der Waals surface area contributed by atoms with E-state index in [2.05, 4.69) is 114 Å². The van der Waals surface area contributed by atoms with Gasteiger partial charge in [0.15, 0.2) is 25.0 Å². The molecule has 0 saturated heterocycles. The van der Waals surface area contributed by atoms with Crippen molar-refractivity contribution in [1.29, 1.82) is 0 Å². The molecule has 0 bridgehead atoms. The highest BCUT2D eigenvalue weighted by molar-refractivity contribution is 6.75. The maximum Gasteiger partial charge on any atom is 0.192 e. The van der Waals surface area contributed by atoms with Crippen LogP contribution in [0.5, 0.6) is 0 Å². The molecule has 206 valence electrons. The summed E-state index contributed by atoms with van der Waals surface area (Å²) in [6.45, 7) is 39.4. The fourth-order valence-electron chi connectivity index (χ4n) is 3.20. The van der Waals surface area contributed by atoms with Crippen molar-refractivity contribution in [1.82, 2.24) is 0 Å². The van der Waals surface area contributed by atoms with E-state index >= 15 is 0 Å². The Morgan fingerprint density at radius 2 is 1.20 bits per heavy atom. The van der Waals surface area contributed by atoms with E-state index in [1.54, 1.807) is 0 Å². The molecule has 0 saturated carbocycles. The maximum absolute atomic E-state index is 6.99. The van der Waals surface area contributed by atoms with Gasteiger partial charge in [-0.3, -0.25) is 0 Å². The maximum atomic E-state index is 6.99. The average Bonchev–Trinajstić information content (AvgIpc) is 2.63. The molecule has 0 heterocycles. The van der Waals surface area contributed by atoms with E-state index in [1.165, 1.54) is 0 Å². The van der Waals surface area contributed by atoms with E-state index in [-0.39, 0.29) is 33.2 Å². The van der Waals surface area contributed by atoms with E-state index in [9.17, 15) is 0 Å². The summed E-state index contributed by atoms with van der Waals surface area (Å²) in [4.78, 5) is 0. The van der Waals surface area contributed by atoms with Crippen molar-refractivity contribution in [3.63, 3.8) is 0 Å². The highest BCUT2D eigenvalue weighted by Gasteiger charge is 2.45. The minimum atomic E-state index is -2.02. The van der Waals surface area contributed by atoms with Crippen LogP contribution < -0.4 is 0 Å². The molecule has 3 nitrogen and oxygen atoms in total. The molecule has 0 radical (unpaired) electrons. The molecular weight excluding hydrogens is 481 g/mol. The lowest BCUT2D eigenvalue weighted by Crippen LogP contribution is -2.50. The molecular formula is C29H60O3Si3. The summed E-state index contributed by atoms with van der Waals surface area (Å²) < 4.78 is 20.5. The second-order valence-corrected chi connectivity index (χ2v) is 29.1. The molecule has 0 amide bonds. The Morgan fingerprint density at radius 3 is 1.57 bits per heavy atom. The minimum Gasteiger partial charge on any atom is -0.417 e. The molecule has 0 aromatic heterocycles. The monoisotopic (exact) mass is 540 g/mol. The smallest absolute Gasteiger partial charge is 0.192 e. The van der Waals surface area contributed by atoms with Gasteiger partial charge in [0.2, 0.25) is 0 Å². The van der Waals surface area contributed by atoms with Gasteiger partial charge in [0, 0.05) is 18.9 Å². The van der Waals surface area contributed by atoms with Crippen molar-refractivity contribution in [2.75, 3.05) is 6.61 Å². The lowest BCUT2D eigenvalue weighted by molar-refractivity contribution is 0.0422. The average molecular weight is 541 g/mol. The quantitative estimate of drug-likeness (QED) is 0.101. The molecule has 35 heavy (non-hydrogen) atoms. The van der Waals surface area contributed by atoms with Gasteiger partial charge in [-0.15, -0.1) is 18.9 Å². The van der Waals surface area contributed by atoms with Crippen molar-refractivity contribution in [3.05, 3.63) is 12.7 Å². The van der Waals surface area contributed by atoms with Gasteiger partial charge in [-0.25, -0.2) is 0 Å². The van der Waals surface area contributed by atoms with Gasteiger partial charge in [0.1, 0.15) is 0 Å². The Labute approximate surface area is 223 Å². The molecule has 0 aliphatic heterocycles. The summed E-state index contributed by atoms with van der Waals surface area (Å²) in [5.74, 6) is 3.07. The summed E-state index contributed by atoms with van der Waals surface area (Å²) >= 11 is 0. The second-order valence-electron chi connectivity index (χ2n) is 14.8. The molecule has 0 aliphatic rings. The van der Waals surface area contributed by atoms with Crippen LogP contribution in [0.3, 0.4) is 0 Å². The SMILES string of the molecule is C#CC[C@@H](O[Si](C)(C)C(C)(C)C)[C@H](CCCO[Si](C)(C)C(C)(C)C)[C@@H](C=C)O[Si](C)(C)C(C)(C)C. The molecule has 0 spiro atoms. The van der Waals surface area contributed by atoms with E-state index in [0.29, 0.717) is 6.42 Å². The van der Waals surface area contributed by atoms with Gasteiger partial charge in [0.25, 0.3) is 0 Å². The predicted molar refractivity (Wildman–Crippen MR) is 164 cm³/mol. The summed E-state index contributed by atoms with van der Waals surface area (Å²) in [5, 5.41) is 0.435. The molecule has 0 rings (SSSR count).